The van der Waals surface area contributed by atoms with Crippen LogP contribution in [0.2, 0.25) is 0 Å². The van der Waals surface area contributed by atoms with E-state index in [1.54, 1.807) is 11.8 Å². The molecule has 0 radical (unpaired) electrons. The Kier molecular flexibility index (Phi) is 6.82. The van der Waals surface area contributed by atoms with Gasteiger partial charge < -0.3 is 15.7 Å². The number of carboxylic acids is 1. The van der Waals surface area contributed by atoms with Crippen LogP contribution in [0.5, 0.6) is 0 Å². The van der Waals surface area contributed by atoms with E-state index >= 15 is 0 Å². The third-order valence-corrected chi connectivity index (χ3v) is 4.76. The Balaban J connectivity index is 2.63. The van der Waals surface area contributed by atoms with Gasteiger partial charge in [0.15, 0.2) is 0 Å². The fraction of sp³-hybridized carbons (Fsp3) is 0.857. The first-order chi connectivity index (χ1) is 9.39. The lowest BCUT2D eigenvalue weighted by molar-refractivity contribution is -0.144. The molecule has 1 saturated heterocycles. The molecule has 1 aliphatic heterocycles. The summed E-state index contributed by atoms with van der Waals surface area (Å²) in [6, 6.07) is -0.786. The molecule has 0 spiro atoms. The van der Waals surface area contributed by atoms with E-state index in [1.807, 2.05) is 20.1 Å². The van der Waals surface area contributed by atoms with E-state index in [9.17, 15) is 14.7 Å². The first-order valence-corrected chi connectivity index (χ1v) is 8.52. The van der Waals surface area contributed by atoms with Crippen molar-refractivity contribution in [2.45, 2.75) is 39.2 Å². The van der Waals surface area contributed by atoms with Gasteiger partial charge in [0, 0.05) is 5.41 Å². The summed E-state index contributed by atoms with van der Waals surface area (Å²) in [7, 11) is 0. The third-order valence-electron chi connectivity index (χ3n) is 4.12. The number of amides is 1. The minimum Gasteiger partial charge on any atom is -0.480 e. The van der Waals surface area contributed by atoms with Crippen molar-refractivity contribution in [1.29, 1.82) is 0 Å². The fourth-order valence-electron chi connectivity index (χ4n) is 2.49. The van der Waals surface area contributed by atoms with E-state index in [0.717, 1.165) is 31.7 Å². The van der Waals surface area contributed by atoms with Crippen LogP contribution in [0.15, 0.2) is 0 Å². The third kappa shape index (κ3) is 4.66. The molecular weight excluding hydrogens is 276 g/mol. The highest BCUT2D eigenvalue weighted by molar-refractivity contribution is 7.98. The summed E-state index contributed by atoms with van der Waals surface area (Å²) in [6.45, 7) is 5.64. The number of hydrogen-bond donors (Lipinski definition) is 3. The maximum absolute atomic E-state index is 12.4. The van der Waals surface area contributed by atoms with Gasteiger partial charge in [-0.15, -0.1) is 0 Å². The first kappa shape index (κ1) is 17.3. The SMILES string of the molecule is CSCC[C@@H](NC(=O)C(C)(C)C1CCCNC1)C(=O)O. The summed E-state index contributed by atoms with van der Waals surface area (Å²) in [6.07, 6.45) is 4.46. The van der Waals surface area contributed by atoms with Crippen LogP contribution in [0, 0.1) is 11.3 Å². The molecule has 116 valence electrons. The van der Waals surface area contributed by atoms with Crippen LogP contribution in [0.25, 0.3) is 0 Å². The molecule has 1 aliphatic rings. The lowest BCUT2D eigenvalue weighted by Gasteiger charge is -2.36. The monoisotopic (exact) mass is 302 g/mol. The molecule has 1 rings (SSSR count). The van der Waals surface area contributed by atoms with E-state index in [0.29, 0.717) is 6.42 Å². The van der Waals surface area contributed by atoms with Crippen LogP contribution < -0.4 is 10.6 Å². The van der Waals surface area contributed by atoms with Gasteiger partial charge in [0.1, 0.15) is 6.04 Å². The molecule has 0 aromatic rings. The summed E-state index contributed by atoms with van der Waals surface area (Å²) in [4.78, 5) is 23.6. The lowest BCUT2D eigenvalue weighted by atomic mass is 9.74. The number of carbonyl (C=O) groups excluding carboxylic acids is 1. The molecule has 1 heterocycles. The second-order valence-corrected chi connectivity index (χ2v) is 6.90. The Morgan fingerprint density at radius 3 is 2.70 bits per heavy atom. The molecule has 20 heavy (non-hydrogen) atoms. The largest absolute Gasteiger partial charge is 0.480 e. The number of nitrogens with one attached hydrogen (secondary N) is 2. The maximum atomic E-state index is 12.4. The number of thioether (sulfide) groups is 1. The molecule has 5 nitrogen and oxygen atoms in total. The zero-order chi connectivity index (χ0) is 15.2. The Morgan fingerprint density at radius 1 is 1.50 bits per heavy atom. The molecule has 2 atom stereocenters. The zero-order valence-corrected chi connectivity index (χ0v) is 13.4. The molecule has 1 unspecified atom stereocenters. The number of rotatable bonds is 7. The van der Waals surface area contributed by atoms with Gasteiger partial charge in [-0.3, -0.25) is 4.79 Å². The quantitative estimate of drug-likeness (QED) is 0.661. The number of aliphatic carboxylic acids is 1. The Bertz CT molecular complexity index is 341. The standard InChI is InChI=1S/C14H26N2O3S/c1-14(2,10-5-4-7-15-9-10)13(19)16-11(12(17)18)6-8-20-3/h10-11,15H,4-9H2,1-3H3,(H,16,19)(H,17,18)/t10?,11-/m1/s1. The number of piperidine rings is 1. The van der Waals surface area contributed by atoms with Gasteiger partial charge >= 0.3 is 5.97 Å². The van der Waals surface area contributed by atoms with Gasteiger partial charge in [0.25, 0.3) is 0 Å². The summed E-state index contributed by atoms with van der Waals surface area (Å²) >= 11 is 1.59. The van der Waals surface area contributed by atoms with E-state index in [-0.39, 0.29) is 11.8 Å². The highest BCUT2D eigenvalue weighted by Crippen LogP contribution is 2.32. The van der Waals surface area contributed by atoms with Gasteiger partial charge in [0.2, 0.25) is 5.91 Å². The summed E-state index contributed by atoms with van der Waals surface area (Å²) in [5.74, 6) is -0.126. The van der Waals surface area contributed by atoms with Gasteiger partial charge in [-0.2, -0.15) is 11.8 Å². The second kappa shape index (κ2) is 7.88. The molecule has 0 aliphatic carbocycles. The minimum absolute atomic E-state index is 0.153. The minimum atomic E-state index is -0.954. The van der Waals surface area contributed by atoms with Crippen LogP contribution >= 0.6 is 11.8 Å². The highest BCUT2D eigenvalue weighted by Gasteiger charge is 2.38. The van der Waals surface area contributed by atoms with Crippen molar-refractivity contribution in [3.63, 3.8) is 0 Å². The van der Waals surface area contributed by atoms with E-state index in [1.165, 1.54) is 0 Å². The van der Waals surface area contributed by atoms with Gasteiger partial charge in [-0.25, -0.2) is 4.79 Å². The highest BCUT2D eigenvalue weighted by atomic mass is 32.2. The molecule has 1 amide bonds. The Hall–Kier alpha value is -0.750. The second-order valence-electron chi connectivity index (χ2n) is 5.91. The molecule has 0 saturated carbocycles. The molecule has 0 aromatic carbocycles. The van der Waals surface area contributed by atoms with Gasteiger partial charge in [0.05, 0.1) is 0 Å². The van der Waals surface area contributed by atoms with Crippen LogP contribution in [0.1, 0.15) is 33.1 Å². The van der Waals surface area contributed by atoms with E-state index < -0.39 is 17.4 Å². The van der Waals surface area contributed by atoms with Crippen molar-refractivity contribution in [2.24, 2.45) is 11.3 Å². The van der Waals surface area contributed by atoms with Crippen LogP contribution in [-0.4, -0.2) is 48.1 Å². The van der Waals surface area contributed by atoms with Crippen molar-refractivity contribution < 1.29 is 14.7 Å². The van der Waals surface area contributed by atoms with Crippen molar-refractivity contribution in [3.05, 3.63) is 0 Å². The molecule has 6 heteroatoms. The van der Waals surface area contributed by atoms with Gasteiger partial charge in [-0.05, 0) is 50.3 Å². The number of hydrogen-bond acceptors (Lipinski definition) is 4. The van der Waals surface area contributed by atoms with E-state index in [4.69, 9.17) is 0 Å². The van der Waals surface area contributed by atoms with Crippen LogP contribution in [0.4, 0.5) is 0 Å². The predicted molar refractivity (Wildman–Crippen MR) is 81.9 cm³/mol. The predicted octanol–water partition coefficient (Wildman–Crippen LogP) is 1.33. The smallest absolute Gasteiger partial charge is 0.326 e. The van der Waals surface area contributed by atoms with E-state index in [2.05, 4.69) is 10.6 Å². The average molecular weight is 302 g/mol. The number of carbonyl (C=O) groups is 2. The Morgan fingerprint density at radius 2 is 2.20 bits per heavy atom. The fourth-order valence-corrected chi connectivity index (χ4v) is 2.96. The average Bonchev–Trinajstić information content (AvgIpc) is 2.43. The summed E-state index contributed by atoms with van der Waals surface area (Å²) in [5.41, 5.74) is -0.541. The maximum Gasteiger partial charge on any atom is 0.326 e. The summed E-state index contributed by atoms with van der Waals surface area (Å²) < 4.78 is 0. The molecule has 3 N–H and O–H groups in total. The molecule has 0 bridgehead atoms. The zero-order valence-electron chi connectivity index (χ0n) is 12.6. The first-order valence-electron chi connectivity index (χ1n) is 7.13. The normalized spacial score (nSPS) is 21.2. The number of carboxylic acid groups (broad SMARTS) is 1. The van der Waals surface area contributed by atoms with Crippen molar-refractivity contribution in [1.82, 2.24) is 10.6 Å². The lowest BCUT2D eigenvalue weighted by Crippen LogP contribution is -2.51. The molecule has 1 fully saturated rings. The van der Waals surface area contributed by atoms with Crippen molar-refractivity contribution in [3.8, 4) is 0 Å². The topological polar surface area (TPSA) is 78.4 Å². The molecular formula is C14H26N2O3S. The van der Waals surface area contributed by atoms with Crippen LogP contribution in [-0.2, 0) is 9.59 Å². The van der Waals surface area contributed by atoms with Crippen molar-refractivity contribution >= 4 is 23.6 Å². The molecule has 0 aromatic heterocycles. The van der Waals surface area contributed by atoms with Crippen LogP contribution in [0.3, 0.4) is 0 Å². The van der Waals surface area contributed by atoms with Crippen molar-refractivity contribution in [2.75, 3.05) is 25.1 Å². The summed E-state index contributed by atoms with van der Waals surface area (Å²) in [5, 5.41) is 15.2. The Labute approximate surface area is 125 Å². The van der Waals surface area contributed by atoms with Gasteiger partial charge in [-0.1, -0.05) is 13.8 Å².